The summed E-state index contributed by atoms with van der Waals surface area (Å²) in [6.07, 6.45) is 0. The van der Waals surface area contributed by atoms with Gasteiger partial charge in [0.2, 0.25) is 5.91 Å². The molecule has 0 bridgehead atoms. The summed E-state index contributed by atoms with van der Waals surface area (Å²) in [5.41, 5.74) is 2.45. The van der Waals surface area contributed by atoms with Gasteiger partial charge in [0.1, 0.15) is 0 Å². The number of rotatable bonds is 7. The van der Waals surface area contributed by atoms with Crippen LogP contribution >= 0.6 is 0 Å². The summed E-state index contributed by atoms with van der Waals surface area (Å²) in [4.78, 5) is 11.7. The van der Waals surface area contributed by atoms with Gasteiger partial charge in [-0.25, -0.2) is 0 Å². The van der Waals surface area contributed by atoms with E-state index in [2.05, 4.69) is 36.6 Å². The highest BCUT2D eigenvalue weighted by molar-refractivity contribution is 5.78. The molecular formula is C15H24N2O2. The Labute approximate surface area is 115 Å². The second-order valence-corrected chi connectivity index (χ2v) is 4.88. The van der Waals surface area contributed by atoms with Crippen LogP contribution in [0.5, 0.6) is 0 Å². The quantitative estimate of drug-likeness (QED) is 0.789. The molecule has 1 aromatic carbocycles. The molecule has 4 heteroatoms. The normalized spacial score (nSPS) is 13.9. The van der Waals surface area contributed by atoms with Crippen molar-refractivity contribution in [3.05, 3.63) is 35.4 Å². The summed E-state index contributed by atoms with van der Waals surface area (Å²) >= 11 is 0. The lowest BCUT2D eigenvalue weighted by atomic mass is 10.0. The number of benzene rings is 1. The van der Waals surface area contributed by atoms with Gasteiger partial charge < -0.3 is 15.4 Å². The topological polar surface area (TPSA) is 50.4 Å². The van der Waals surface area contributed by atoms with Crippen LogP contribution in [0.2, 0.25) is 0 Å². The molecule has 0 fully saturated rings. The Hall–Kier alpha value is -1.39. The van der Waals surface area contributed by atoms with E-state index in [1.807, 2.05) is 19.1 Å². The number of ether oxygens (including phenoxy) is 1. The number of hydrogen-bond acceptors (Lipinski definition) is 3. The zero-order chi connectivity index (χ0) is 14.3. The van der Waals surface area contributed by atoms with Crippen LogP contribution in [-0.2, 0) is 9.53 Å². The lowest BCUT2D eigenvalue weighted by Crippen LogP contribution is -2.41. The first-order valence-electron chi connectivity index (χ1n) is 6.61. The second-order valence-electron chi connectivity index (χ2n) is 4.88. The van der Waals surface area contributed by atoms with Crippen molar-refractivity contribution in [3.8, 4) is 0 Å². The first-order chi connectivity index (χ1) is 9.04. The maximum Gasteiger partial charge on any atom is 0.234 e. The Morgan fingerprint density at radius 2 is 2.00 bits per heavy atom. The molecule has 19 heavy (non-hydrogen) atoms. The number of hydrogen-bond donors (Lipinski definition) is 2. The summed E-state index contributed by atoms with van der Waals surface area (Å²) in [6.45, 7) is 6.90. The van der Waals surface area contributed by atoms with E-state index >= 15 is 0 Å². The van der Waals surface area contributed by atoms with E-state index in [1.165, 1.54) is 11.1 Å². The van der Waals surface area contributed by atoms with E-state index in [-0.39, 0.29) is 18.0 Å². The standard InChI is InChI=1S/C15H24N2O2/c1-11-7-5-6-8-14(11)13(3)16-9-15(18)17-12(2)10-19-4/h5-8,12-13,16H,9-10H2,1-4H3,(H,17,18)/t12?,13-/m0/s1. The van der Waals surface area contributed by atoms with Crippen LogP contribution in [0, 0.1) is 6.92 Å². The highest BCUT2D eigenvalue weighted by Gasteiger charge is 2.11. The average Bonchev–Trinajstić information content (AvgIpc) is 2.36. The number of carbonyl (C=O) groups excluding carboxylic acids is 1. The van der Waals surface area contributed by atoms with Crippen LogP contribution in [0.15, 0.2) is 24.3 Å². The molecule has 0 spiro atoms. The van der Waals surface area contributed by atoms with Crippen molar-refractivity contribution in [1.82, 2.24) is 10.6 Å². The molecule has 0 radical (unpaired) electrons. The van der Waals surface area contributed by atoms with E-state index in [1.54, 1.807) is 7.11 Å². The van der Waals surface area contributed by atoms with Crippen molar-refractivity contribution < 1.29 is 9.53 Å². The summed E-state index contributed by atoms with van der Waals surface area (Å²) in [5.74, 6) is -0.00927. The van der Waals surface area contributed by atoms with E-state index in [0.717, 1.165) is 0 Å². The lowest BCUT2D eigenvalue weighted by molar-refractivity contribution is -0.121. The first-order valence-corrected chi connectivity index (χ1v) is 6.61. The van der Waals surface area contributed by atoms with Crippen LogP contribution in [0.3, 0.4) is 0 Å². The fraction of sp³-hybridized carbons (Fsp3) is 0.533. The molecule has 1 amide bonds. The fourth-order valence-corrected chi connectivity index (χ4v) is 2.05. The molecule has 0 heterocycles. The van der Waals surface area contributed by atoms with Crippen LogP contribution < -0.4 is 10.6 Å². The minimum Gasteiger partial charge on any atom is -0.383 e. The number of aryl methyl sites for hydroxylation is 1. The molecule has 0 aromatic heterocycles. The largest absolute Gasteiger partial charge is 0.383 e. The van der Waals surface area contributed by atoms with E-state index in [4.69, 9.17) is 4.74 Å². The molecule has 106 valence electrons. The third-order valence-electron chi connectivity index (χ3n) is 3.05. The summed E-state index contributed by atoms with van der Waals surface area (Å²) < 4.78 is 4.98. The molecule has 1 rings (SSSR count). The van der Waals surface area contributed by atoms with Crippen LogP contribution in [0.25, 0.3) is 0 Å². The number of methoxy groups -OCH3 is 1. The highest BCUT2D eigenvalue weighted by Crippen LogP contribution is 2.15. The number of carbonyl (C=O) groups is 1. The Morgan fingerprint density at radius 3 is 2.63 bits per heavy atom. The molecule has 0 saturated heterocycles. The third-order valence-corrected chi connectivity index (χ3v) is 3.05. The van der Waals surface area contributed by atoms with Gasteiger partial charge in [0.15, 0.2) is 0 Å². The Morgan fingerprint density at radius 1 is 1.32 bits per heavy atom. The third kappa shape index (κ3) is 5.41. The van der Waals surface area contributed by atoms with Gasteiger partial charge in [-0.15, -0.1) is 0 Å². The summed E-state index contributed by atoms with van der Waals surface area (Å²) in [5, 5.41) is 6.11. The van der Waals surface area contributed by atoms with Gasteiger partial charge in [0.25, 0.3) is 0 Å². The van der Waals surface area contributed by atoms with Gasteiger partial charge in [0.05, 0.1) is 13.2 Å². The van der Waals surface area contributed by atoms with Crippen molar-refractivity contribution in [2.24, 2.45) is 0 Å². The highest BCUT2D eigenvalue weighted by atomic mass is 16.5. The Bertz CT molecular complexity index is 407. The molecule has 0 saturated carbocycles. The molecular weight excluding hydrogens is 240 g/mol. The van der Waals surface area contributed by atoms with Crippen molar-refractivity contribution >= 4 is 5.91 Å². The van der Waals surface area contributed by atoms with Crippen molar-refractivity contribution in [3.63, 3.8) is 0 Å². The molecule has 4 nitrogen and oxygen atoms in total. The summed E-state index contributed by atoms with van der Waals surface area (Å²) in [6, 6.07) is 8.39. The zero-order valence-electron chi connectivity index (χ0n) is 12.2. The molecule has 0 aliphatic carbocycles. The van der Waals surface area contributed by atoms with Crippen molar-refractivity contribution in [2.45, 2.75) is 32.9 Å². The molecule has 1 aromatic rings. The molecule has 2 N–H and O–H groups in total. The molecule has 0 aliphatic heterocycles. The predicted octanol–water partition coefficient (Wildman–Crippen LogP) is 1.80. The number of amides is 1. The minimum atomic E-state index is -0.00927. The molecule has 0 aliphatic rings. The zero-order valence-corrected chi connectivity index (χ0v) is 12.2. The molecule has 2 atom stereocenters. The summed E-state index contributed by atoms with van der Waals surface area (Å²) in [7, 11) is 1.63. The minimum absolute atomic E-state index is 0.00927. The van der Waals surface area contributed by atoms with E-state index in [0.29, 0.717) is 13.2 Å². The average molecular weight is 264 g/mol. The predicted molar refractivity (Wildman–Crippen MR) is 77.1 cm³/mol. The first kappa shape index (κ1) is 15.7. The van der Waals surface area contributed by atoms with Gasteiger partial charge in [-0.05, 0) is 31.9 Å². The fourth-order valence-electron chi connectivity index (χ4n) is 2.05. The van der Waals surface area contributed by atoms with Crippen molar-refractivity contribution in [1.29, 1.82) is 0 Å². The van der Waals surface area contributed by atoms with E-state index in [9.17, 15) is 4.79 Å². The van der Waals surface area contributed by atoms with Crippen LogP contribution in [0.4, 0.5) is 0 Å². The second kappa shape index (κ2) is 7.92. The molecule has 1 unspecified atom stereocenters. The monoisotopic (exact) mass is 264 g/mol. The smallest absolute Gasteiger partial charge is 0.234 e. The lowest BCUT2D eigenvalue weighted by Gasteiger charge is -2.18. The van der Waals surface area contributed by atoms with Gasteiger partial charge in [-0.3, -0.25) is 4.79 Å². The maximum atomic E-state index is 11.7. The van der Waals surface area contributed by atoms with Crippen LogP contribution in [0.1, 0.15) is 31.0 Å². The Kier molecular flexibility index (Phi) is 6.53. The van der Waals surface area contributed by atoms with Gasteiger partial charge in [-0.1, -0.05) is 24.3 Å². The maximum absolute atomic E-state index is 11.7. The van der Waals surface area contributed by atoms with Crippen molar-refractivity contribution in [2.75, 3.05) is 20.3 Å². The van der Waals surface area contributed by atoms with Gasteiger partial charge in [0, 0.05) is 19.2 Å². The van der Waals surface area contributed by atoms with Gasteiger partial charge in [-0.2, -0.15) is 0 Å². The Balaban J connectivity index is 2.40. The van der Waals surface area contributed by atoms with E-state index < -0.39 is 0 Å². The SMILES string of the molecule is COCC(C)NC(=O)CN[C@@H](C)c1ccccc1C. The van der Waals surface area contributed by atoms with Gasteiger partial charge >= 0.3 is 0 Å². The number of nitrogens with one attached hydrogen (secondary N) is 2. The van der Waals surface area contributed by atoms with Crippen LogP contribution in [-0.4, -0.2) is 32.2 Å².